The highest BCUT2D eigenvalue weighted by atomic mass is 35.5. The third kappa shape index (κ3) is 3.71. The van der Waals surface area contributed by atoms with Gasteiger partial charge in [0.1, 0.15) is 6.10 Å². The molecular formula is C10H21ClO2Si. The van der Waals surface area contributed by atoms with Gasteiger partial charge in [0.15, 0.2) is 14.1 Å². The molecule has 0 aliphatic heterocycles. The van der Waals surface area contributed by atoms with Crippen molar-refractivity contribution in [2.45, 2.75) is 51.9 Å². The minimum absolute atomic E-state index is 0.0184. The second-order valence-corrected chi connectivity index (χ2v) is 10.2. The van der Waals surface area contributed by atoms with Gasteiger partial charge >= 0.3 is 0 Å². The van der Waals surface area contributed by atoms with Gasteiger partial charge in [-0.3, -0.25) is 4.79 Å². The van der Waals surface area contributed by atoms with Gasteiger partial charge in [0.2, 0.25) is 0 Å². The fraction of sp³-hybridized carbons (Fsp3) is 0.900. The van der Waals surface area contributed by atoms with E-state index in [1.54, 1.807) is 0 Å². The molecular weight excluding hydrogens is 216 g/mol. The fourth-order valence-electron chi connectivity index (χ4n) is 0.756. The first-order chi connectivity index (χ1) is 6.12. The van der Waals surface area contributed by atoms with E-state index >= 15 is 0 Å². The van der Waals surface area contributed by atoms with Crippen LogP contribution >= 0.6 is 11.6 Å². The molecule has 0 radical (unpaired) electrons. The summed E-state index contributed by atoms with van der Waals surface area (Å²) in [6, 6.07) is 0. The summed E-state index contributed by atoms with van der Waals surface area (Å²) in [5.74, 6) is 0.270. The molecule has 0 N–H and O–H groups in total. The van der Waals surface area contributed by atoms with E-state index in [1.807, 2.05) is 0 Å². The van der Waals surface area contributed by atoms with Crippen molar-refractivity contribution in [2.75, 3.05) is 5.88 Å². The second-order valence-electron chi connectivity index (χ2n) is 5.13. The molecule has 0 fully saturated rings. The summed E-state index contributed by atoms with van der Waals surface area (Å²) in [5, 5.41) is 0.118. The van der Waals surface area contributed by atoms with Crippen molar-refractivity contribution in [2.24, 2.45) is 0 Å². The first kappa shape index (κ1) is 14.1. The van der Waals surface area contributed by atoms with Gasteiger partial charge in [-0.25, -0.2) is 0 Å². The molecule has 0 bridgehead atoms. The van der Waals surface area contributed by atoms with E-state index in [-0.39, 0.29) is 16.7 Å². The van der Waals surface area contributed by atoms with Crippen LogP contribution in [-0.4, -0.2) is 26.1 Å². The number of hydrogen-bond acceptors (Lipinski definition) is 2. The molecule has 0 saturated carbocycles. The minimum Gasteiger partial charge on any atom is -0.406 e. The Hall–Kier alpha value is 0.137. The Kier molecular flexibility index (Phi) is 4.82. The summed E-state index contributed by atoms with van der Waals surface area (Å²) >= 11 is 5.70. The van der Waals surface area contributed by atoms with Crippen LogP contribution in [0.2, 0.25) is 18.1 Å². The third-order valence-electron chi connectivity index (χ3n) is 2.84. The molecule has 84 valence electrons. The summed E-state index contributed by atoms with van der Waals surface area (Å²) < 4.78 is 5.87. The number of rotatable bonds is 4. The van der Waals surface area contributed by atoms with E-state index < -0.39 is 14.4 Å². The van der Waals surface area contributed by atoms with Gasteiger partial charge in [-0.1, -0.05) is 20.8 Å². The quantitative estimate of drug-likeness (QED) is 0.554. The Labute approximate surface area is 93.1 Å². The zero-order valence-electron chi connectivity index (χ0n) is 9.98. The standard InChI is InChI=1S/C10H21ClO2Si/c1-8(12)9(7-11)13-14(5,6)10(2,3)4/h9H,7H2,1-6H3. The lowest BCUT2D eigenvalue weighted by Crippen LogP contribution is -2.46. The summed E-state index contributed by atoms with van der Waals surface area (Å²) in [7, 11) is -1.86. The van der Waals surface area contributed by atoms with Crippen LogP contribution < -0.4 is 0 Å². The second kappa shape index (κ2) is 4.77. The van der Waals surface area contributed by atoms with E-state index in [1.165, 1.54) is 6.92 Å². The SMILES string of the molecule is CC(=O)C(CCl)O[Si](C)(C)C(C)(C)C. The smallest absolute Gasteiger partial charge is 0.193 e. The average Bonchev–Trinajstić information content (AvgIpc) is 1.97. The first-order valence-electron chi connectivity index (χ1n) is 4.86. The summed E-state index contributed by atoms with van der Waals surface area (Å²) in [6.07, 6.45) is -0.433. The van der Waals surface area contributed by atoms with Gasteiger partial charge in [0.05, 0.1) is 5.88 Å². The molecule has 0 saturated heterocycles. The molecule has 0 aliphatic rings. The van der Waals surface area contributed by atoms with Gasteiger partial charge in [-0.2, -0.15) is 0 Å². The Bertz CT molecular complexity index is 209. The Balaban J connectivity index is 4.56. The van der Waals surface area contributed by atoms with Gasteiger partial charge < -0.3 is 4.43 Å². The number of ketones is 1. The number of hydrogen-bond donors (Lipinski definition) is 0. The maximum absolute atomic E-state index is 11.2. The Morgan fingerprint density at radius 2 is 1.86 bits per heavy atom. The summed E-state index contributed by atoms with van der Waals surface area (Å²) in [5.41, 5.74) is 0. The molecule has 0 aromatic heterocycles. The van der Waals surface area contributed by atoms with Gasteiger partial charge in [0.25, 0.3) is 0 Å². The maximum atomic E-state index is 11.2. The third-order valence-corrected chi connectivity index (χ3v) is 7.60. The number of carbonyl (C=O) groups is 1. The molecule has 1 atom stereocenters. The molecule has 1 unspecified atom stereocenters. The van der Waals surface area contributed by atoms with Crippen LogP contribution in [0, 0.1) is 0 Å². The van der Waals surface area contributed by atoms with Crippen molar-refractivity contribution < 1.29 is 9.22 Å². The van der Waals surface area contributed by atoms with E-state index in [2.05, 4.69) is 33.9 Å². The number of halogens is 1. The van der Waals surface area contributed by atoms with Crippen molar-refractivity contribution in [3.63, 3.8) is 0 Å². The van der Waals surface area contributed by atoms with Crippen LogP contribution in [0.15, 0.2) is 0 Å². The monoisotopic (exact) mass is 236 g/mol. The number of Topliss-reactive ketones (excluding diaryl/α,β-unsaturated/α-hetero) is 1. The molecule has 0 aromatic rings. The van der Waals surface area contributed by atoms with Gasteiger partial charge in [0, 0.05) is 0 Å². The Morgan fingerprint density at radius 3 is 2.07 bits per heavy atom. The van der Waals surface area contributed by atoms with Crippen molar-refractivity contribution >= 4 is 25.7 Å². The predicted octanol–water partition coefficient (Wildman–Crippen LogP) is 3.20. The van der Waals surface area contributed by atoms with E-state index in [4.69, 9.17) is 16.0 Å². The zero-order valence-corrected chi connectivity index (χ0v) is 11.7. The lowest BCUT2D eigenvalue weighted by molar-refractivity contribution is -0.123. The molecule has 0 spiro atoms. The largest absolute Gasteiger partial charge is 0.406 e. The molecule has 4 heteroatoms. The number of carbonyl (C=O) groups excluding carboxylic acids is 1. The normalized spacial score (nSPS) is 15.4. The van der Waals surface area contributed by atoms with Crippen molar-refractivity contribution in [1.82, 2.24) is 0 Å². The van der Waals surface area contributed by atoms with Crippen molar-refractivity contribution in [3.8, 4) is 0 Å². The van der Waals surface area contributed by atoms with Crippen molar-refractivity contribution in [1.29, 1.82) is 0 Å². The van der Waals surface area contributed by atoms with E-state index in [0.717, 1.165) is 0 Å². The average molecular weight is 237 g/mol. The highest BCUT2D eigenvalue weighted by Gasteiger charge is 2.39. The molecule has 0 heterocycles. The van der Waals surface area contributed by atoms with Crippen molar-refractivity contribution in [3.05, 3.63) is 0 Å². The lowest BCUT2D eigenvalue weighted by atomic mass is 10.2. The van der Waals surface area contributed by atoms with Gasteiger partial charge in [-0.05, 0) is 25.1 Å². The molecule has 0 amide bonds. The topological polar surface area (TPSA) is 26.3 Å². The fourth-order valence-corrected chi connectivity index (χ4v) is 2.46. The highest BCUT2D eigenvalue weighted by Crippen LogP contribution is 2.37. The maximum Gasteiger partial charge on any atom is 0.193 e. The molecule has 0 aromatic carbocycles. The lowest BCUT2D eigenvalue weighted by Gasteiger charge is -2.38. The van der Waals surface area contributed by atoms with Crippen LogP contribution in [0.5, 0.6) is 0 Å². The number of alkyl halides is 1. The predicted molar refractivity (Wildman–Crippen MR) is 63.5 cm³/mol. The minimum atomic E-state index is -1.86. The summed E-state index contributed by atoms with van der Waals surface area (Å²) in [4.78, 5) is 11.2. The highest BCUT2D eigenvalue weighted by molar-refractivity contribution is 6.74. The molecule has 0 rings (SSSR count). The van der Waals surface area contributed by atoms with E-state index in [9.17, 15) is 4.79 Å². The Morgan fingerprint density at radius 1 is 1.43 bits per heavy atom. The van der Waals surface area contributed by atoms with E-state index in [0.29, 0.717) is 0 Å². The van der Waals surface area contributed by atoms with Crippen LogP contribution in [0.25, 0.3) is 0 Å². The van der Waals surface area contributed by atoms with Gasteiger partial charge in [-0.15, -0.1) is 11.6 Å². The van der Waals surface area contributed by atoms with Crippen LogP contribution in [-0.2, 0) is 9.22 Å². The first-order valence-corrected chi connectivity index (χ1v) is 8.30. The molecule has 2 nitrogen and oxygen atoms in total. The molecule has 0 aliphatic carbocycles. The summed E-state index contributed by atoms with van der Waals surface area (Å²) in [6.45, 7) is 12.2. The van der Waals surface area contributed by atoms with Crippen LogP contribution in [0.1, 0.15) is 27.7 Å². The van der Waals surface area contributed by atoms with Crippen LogP contribution in [0.3, 0.4) is 0 Å². The zero-order chi connectivity index (χ0) is 11.6. The molecule has 14 heavy (non-hydrogen) atoms. The van der Waals surface area contributed by atoms with Crippen LogP contribution in [0.4, 0.5) is 0 Å².